The van der Waals surface area contributed by atoms with E-state index in [1.54, 1.807) is 11.3 Å². The van der Waals surface area contributed by atoms with Gasteiger partial charge in [-0.3, -0.25) is 0 Å². The van der Waals surface area contributed by atoms with E-state index in [4.69, 9.17) is 0 Å². The third-order valence-electron chi connectivity index (χ3n) is 2.77. The standard InChI is InChI=1S/C13H15F3N4S/c1-9(10-3-2-8-21-10)17-6-7-19-12-18-5-4-11(20-12)13(14,15)16/h2-5,8-9,17H,6-7H2,1H3,(H,18,19,20)/t9-/m1/s1. The van der Waals surface area contributed by atoms with Gasteiger partial charge in [-0.25, -0.2) is 9.97 Å². The molecule has 0 aromatic carbocycles. The summed E-state index contributed by atoms with van der Waals surface area (Å²) in [5, 5.41) is 8.05. The van der Waals surface area contributed by atoms with Gasteiger partial charge < -0.3 is 10.6 Å². The first kappa shape index (κ1) is 15.7. The molecule has 114 valence electrons. The van der Waals surface area contributed by atoms with Crippen molar-refractivity contribution in [1.82, 2.24) is 15.3 Å². The van der Waals surface area contributed by atoms with Crippen LogP contribution in [0.4, 0.5) is 19.1 Å². The highest BCUT2D eigenvalue weighted by atomic mass is 32.1. The van der Waals surface area contributed by atoms with E-state index in [0.29, 0.717) is 13.1 Å². The van der Waals surface area contributed by atoms with E-state index in [-0.39, 0.29) is 12.0 Å². The predicted molar refractivity (Wildman–Crippen MR) is 76.3 cm³/mol. The van der Waals surface area contributed by atoms with Crippen LogP contribution in [0, 0.1) is 0 Å². The minimum Gasteiger partial charge on any atom is -0.353 e. The molecular weight excluding hydrogens is 301 g/mol. The Bertz CT molecular complexity index is 557. The summed E-state index contributed by atoms with van der Waals surface area (Å²) in [6.07, 6.45) is -3.36. The molecule has 0 aliphatic carbocycles. The fourth-order valence-electron chi connectivity index (χ4n) is 1.70. The molecule has 0 aliphatic rings. The lowest BCUT2D eigenvalue weighted by Gasteiger charge is -2.13. The third-order valence-corrected chi connectivity index (χ3v) is 3.83. The Morgan fingerprint density at radius 1 is 1.29 bits per heavy atom. The maximum atomic E-state index is 12.5. The summed E-state index contributed by atoms with van der Waals surface area (Å²) >= 11 is 1.66. The van der Waals surface area contributed by atoms with Gasteiger partial charge in [-0.15, -0.1) is 11.3 Å². The van der Waals surface area contributed by atoms with Gasteiger partial charge in [0.25, 0.3) is 0 Å². The van der Waals surface area contributed by atoms with Crippen LogP contribution in [-0.4, -0.2) is 23.1 Å². The summed E-state index contributed by atoms with van der Waals surface area (Å²) < 4.78 is 37.5. The van der Waals surface area contributed by atoms with Crippen molar-refractivity contribution in [2.45, 2.75) is 19.1 Å². The molecule has 0 radical (unpaired) electrons. The van der Waals surface area contributed by atoms with Gasteiger partial charge >= 0.3 is 6.18 Å². The molecule has 2 aromatic heterocycles. The highest BCUT2D eigenvalue weighted by Gasteiger charge is 2.32. The van der Waals surface area contributed by atoms with E-state index >= 15 is 0 Å². The highest BCUT2D eigenvalue weighted by molar-refractivity contribution is 7.10. The molecule has 2 rings (SSSR count). The number of anilines is 1. The van der Waals surface area contributed by atoms with Crippen LogP contribution in [0.3, 0.4) is 0 Å². The molecule has 2 heterocycles. The van der Waals surface area contributed by atoms with Crippen LogP contribution in [0.1, 0.15) is 23.5 Å². The van der Waals surface area contributed by atoms with Crippen molar-refractivity contribution in [1.29, 1.82) is 0 Å². The number of alkyl halides is 3. The van der Waals surface area contributed by atoms with Gasteiger partial charge in [0.15, 0.2) is 0 Å². The number of nitrogens with one attached hydrogen (secondary N) is 2. The molecule has 0 amide bonds. The second kappa shape index (κ2) is 6.86. The lowest BCUT2D eigenvalue weighted by Crippen LogP contribution is -2.25. The average molecular weight is 316 g/mol. The largest absolute Gasteiger partial charge is 0.433 e. The summed E-state index contributed by atoms with van der Waals surface area (Å²) in [5.74, 6) is -0.0181. The third kappa shape index (κ3) is 4.68. The number of nitrogens with zero attached hydrogens (tertiary/aromatic N) is 2. The first-order valence-electron chi connectivity index (χ1n) is 6.37. The van der Waals surface area contributed by atoms with Crippen LogP contribution < -0.4 is 10.6 Å². The van der Waals surface area contributed by atoms with Crippen molar-refractivity contribution < 1.29 is 13.2 Å². The van der Waals surface area contributed by atoms with Crippen LogP contribution in [-0.2, 0) is 6.18 Å². The molecule has 0 unspecified atom stereocenters. The number of hydrogen-bond acceptors (Lipinski definition) is 5. The molecule has 21 heavy (non-hydrogen) atoms. The van der Waals surface area contributed by atoms with E-state index in [1.165, 1.54) is 4.88 Å². The Hall–Kier alpha value is -1.67. The van der Waals surface area contributed by atoms with Crippen molar-refractivity contribution >= 4 is 17.3 Å². The van der Waals surface area contributed by atoms with Gasteiger partial charge in [0.05, 0.1) is 0 Å². The molecule has 1 atom stereocenters. The van der Waals surface area contributed by atoms with E-state index in [1.807, 2.05) is 24.4 Å². The zero-order valence-corrected chi connectivity index (χ0v) is 12.1. The summed E-state index contributed by atoms with van der Waals surface area (Å²) in [6, 6.07) is 5.06. The molecule has 2 N–H and O–H groups in total. The van der Waals surface area contributed by atoms with Crippen molar-refractivity contribution in [2.75, 3.05) is 18.4 Å². The summed E-state index contributed by atoms with van der Waals surface area (Å²) in [6.45, 7) is 3.07. The van der Waals surface area contributed by atoms with Crippen LogP contribution in [0.25, 0.3) is 0 Å². The Morgan fingerprint density at radius 2 is 2.10 bits per heavy atom. The van der Waals surface area contributed by atoms with Gasteiger partial charge in [0.2, 0.25) is 5.95 Å². The van der Waals surface area contributed by atoms with E-state index in [0.717, 1.165) is 12.3 Å². The van der Waals surface area contributed by atoms with Gasteiger partial charge in [0, 0.05) is 30.2 Å². The maximum absolute atomic E-state index is 12.5. The smallest absolute Gasteiger partial charge is 0.353 e. The summed E-state index contributed by atoms with van der Waals surface area (Å²) in [5.41, 5.74) is -0.945. The zero-order chi connectivity index (χ0) is 15.3. The van der Waals surface area contributed by atoms with Crippen LogP contribution >= 0.6 is 11.3 Å². The van der Waals surface area contributed by atoms with Gasteiger partial charge in [-0.2, -0.15) is 13.2 Å². The number of hydrogen-bond donors (Lipinski definition) is 2. The second-order valence-electron chi connectivity index (χ2n) is 4.38. The van der Waals surface area contributed by atoms with Crippen molar-refractivity contribution in [3.05, 3.63) is 40.3 Å². The Kier molecular flexibility index (Phi) is 5.13. The molecule has 8 heteroatoms. The van der Waals surface area contributed by atoms with Crippen LogP contribution in [0.2, 0.25) is 0 Å². The molecular formula is C13H15F3N4S. The van der Waals surface area contributed by atoms with E-state index in [9.17, 15) is 13.2 Å². The first-order valence-corrected chi connectivity index (χ1v) is 7.25. The first-order chi connectivity index (χ1) is 9.97. The van der Waals surface area contributed by atoms with Crippen molar-refractivity contribution in [3.63, 3.8) is 0 Å². The minimum absolute atomic E-state index is 0.0181. The number of rotatable bonds is 6. The number of halogens is 3. The van der Waals surface area contributed by atoms with Gasteiger partial charge in [0.1, 0.15) is 5.69 Å². The monoisotopic (exact) mass is 316 g/mol. The minimum atomic E-state index is -4.45. The molecule has 0 aliphatic heterocycles. The quantitative estimate of drug-likeness (QED) is 0.803. The highest BCUT2D eigenvalue weighted by Crippen LogP contribution is 2.27. The lowest BCUT2D eigenvalue weighted by atomic mass is 10.3. The Morgan fingerprint density at radius 3 is 2.76 bits per heavy atom. The molecule has 4 nitrogen and oxygen atoms in total. The number of thiophene rings is 1. The molecule has 0 saturated heterocycles. The van der Waals surface area contributed by atoms with Crippen molar-refractivity contribution in [3.8, 4) is 0 Å². The molecule has 2 aromatic rings. The van der Waals surface area contributed by atoms with Gasteiger partial charge in [-0.1, -0.05) is 6.07 Å². The maximum Gasteiger partial charge on any atom is 0.433 e. The van der Waals surface area contributed by atoms with Crippen molar-refractivity contribution in [2.24, 2.45) is 0 Å². The Labute approximate surface area is 124 Å². The number of aromatic nitrogens is 2. The molecule has 0 bridgehead atoms. The zero-order valence-electron chi connectivity index (χ0n) is 11.3. The Balaban J connectivity index is 1.79. The normalized spacial score (nSPS) is 13.1. The fraction of sp³-hybridized carbons (Fsp3) is 0.385. The van der Waals surface area contributed by atoms with Crippen LogP contribution in [0.15, 0.2) is 29.8 Å². The topological polar surface area (TPSA) is 49.8 Å². The van der Waals surface area contributed by atoms with Gasteiger partial charge in [-0.05, 0) is 24.4 Å². The summed E-state index contributed by atoms with van der Waals surface area (Å²) in [4.78, 5) is 8.42. The summed E-state index contributed by atoms with van der Waals surface area (Å²) in [7, 11) is 0. The van der Waals surface area contributed by atoms with E-state index < -0.39 is 11.9 Å². The molecule has 0 saturated carbocycles. The predicted octanol–water partition coefficient (Wildman–Crippen LogP) is 3.32. The SMILES string of the molecule is C[C@@H](NCCNc1nccc(C(F)(F)F)n1)c1cccs1. The van der Waals surface area contributed by atoms with E-state index in [2.05, 4.69) is 20.6 Å². The average Bonchev–Trinajstić information content (AvgIpc) is 2.97. The molecule has 0 spiro atoms. The fourth-order valence-corrected chi connectivity index (χ4v) is 2.46. The van der Waals surface area contributed by atoms with Crippen LogP contribution in [0.5, 0.6) is 0 Å². The lowest BCUT2D eigenvalue weighted by molar-refractivity contribution is -0.141. The second-order valence-corrected chi connectivity index (χ2v) is 5.36. The molecule has 0 fully saturated rings.